The average Bonchev–Trinajstić information content (AvgIpc) is 2.61. The lowest BCUT2D eigenvalue weighted by Crippen LogP contribution is -2.48. The van der Waals surface area contributed by atoms with Crippen LogP contribution in [0.1, 0.15) is 36.0 Å². The van der Waals surface area contributed by atoms with E-state index in [1.54, 1.807) is 17.0 Å². The van der Waals surface area contributed by atoms with E-state index in [0.717, 1.165) is 12.8 Å². The summed E-state index contributed by atoms with van der Waals surface area (Å²) >= 11 is 0. The lowest BCUT2D eigenvalue weighted by Gasteiger charge is -2.37. The number of amides is 1. The first-order valence-electron chi connectivity index (χ1n) is 6.42. The highest BCUT2D eigenvalue weighted by molar-refractivity contribution is 5.95. The first kappa shape index (κ1) is 11.7. The normalized spacial score (nSPS) is 30.6. The summed E-state index contributed by atoms with van der Waals surface area (Å²) in [6, 6.07) is 6.25. The number of nitrogens with zero attached hydrogens (tertiary/aromatic N) is 1. The molecule has 1 N–H and O–H groups in total. The lowest BCUT2D eigenvalue weighted by molar-refractivity contribution is 0.0284. The van der Waals surface area contributed by atoms with Crippen LogP contribution in [0.15, 0.2) is 24.3 Å². The molecule has 1 aromatic carbocycles. The third kappa shape index (κ3) is 1.81. The van der Waals surface area contributed by atoms with Crippen LogP contribution in [0.25, 0.3) is 0 Å². The maximum absolute atomic E-state index is 13.6. The van der Waals surface area contributed by atoms with Gasteiger partial charge in [0.2, 0.25) is 0 Å². The Morgan fingerprint density at radius 3 is 2.44 bits per heavy atom. The fraction of sp³-hybridized carbons (Fsp3) is 0.500. The number of hydrogen-bond acceptors (Lipinski definition) is 2. The molecule has 2 saturated heterocycles. The minimum absolute atomic E-state index is 0.0749. The molecular formula is C14H16FNO2. The Kier molecular flexibility index (Phi) is 2.82. The number of aliphatic hydroxyl groups excluding tert-OH is 1. The summed E-state index contributed by atoms with van der Waals surface area (Å²) < 4.78 is 13.6. The van der Waals surface area contributed by atoms with Crippen LogP contribution in [0.3, 0.4) is 0 Å². The first-order valence-corrected chi connectivity index (χ1v) is 6.42. The van der Waals surface area contributed by atoms with Crippen molar-refractivity contribution in [2.75, 3.05) is 0 Å². The third-order valence-corrected chi connectivity index (χ3v) is 4.05. The number of piperidine rings is 1. The molecule has 2 atom stereocenters. The molecule has 18 heavy (non-hydrogen) atoms. The van der Waals surface area contributed by atoms with Crippen LogP contribution < -0.4 is 0 Å². The lowest BCUT2D eigenvalue weighted by atomic mass is 9.98. The predicted octanol–water partition coefficient (Wildman–Crippen LogP) is 1.95. The van der Waals surface area contributed by atoms with E-state index >= 15 is 0 Å². The van der Waals surface area contributed by atoms with E-state index in [1.165, 1.54) is 12.1 Å². The van der Waals surface area contributed by atoms with Crippen molar-refractivity contribution in [1.29, 1.82) is 0 Å². The van der Waals surface area contributed by atoms with E-state index < -0.39 is 5.82 Å². The number of benzene rings is 1. The molecule has 0 spiro atoms. The van der Waals surface area contributed by atoms with Crippen LogP contribution >= 0.6 is 0 Å². The molecule has 2 fully saturated rings. The molecule has 0 radical (unpaired) electrons. The summed E-state index contributed by atoms with van der Waals surface area (Å²) in [4.78, 5) is 14.2. The first-order chi connectivity index (χ1) is 8.66. The largest absolute Gasteiger partial charge is 0.393 e. The number of rotatable bonds is 1. The van der Waals surface area contributed by atoms with Crippen LogP contribution in [0.2, 0.25) is 0 Å². The van der Waals surface area contributed by atoms with Crippen molar-refractivity contribution < 1.29 is 14.3 Å². The quantitative estimate of drug-likeness (QED) is 0.826. The van der Waals surface area contributed by atoms with E-state index in [0.29, 0.717) is 12.8 Å². The maximum Gasteiger partial charge on any atom is 0.257 e. The summed E-state index contributed by atoms with van der Waals surface area (Å²) in [6.07, 6.45) is 2.77. The number of aliphatic hydroxyl groups is 1. The van der Waals surface area contributed by atoms with E-state index in [2.05, 4.69) is 0 Å². The summed E-state index contributed by atoms with van der Waals surface area (Å²) in [7, 11) is 0. The molecule has 4 heteroatoms. The Bertz CT molecular complexity index is 463. The highest BCUT2D eigenvalue weighted by Crippen LogP contribution is 2.36. The van der Waals surface area contributed by atoms with Gasteiger partial charge in [0, 0.05) is 12.1 Å². The van der Waals surface area contributed by atoms with Gasteiger partial charge < -0.3 is 10.0 Å². The molecule has 3 rings (SSSR count). The topological polar surface area (TPSA) is 40.5 Å². The molecule has 0 aromatic heterocycles. The average molecular weight is 249 g/mol. The van der Waals surface area contributed by atoms with Gasteiger partial charge in [0.25, 0.3) is 5.91 Å². The van der Waals surface area contributed by atoms with Gasteiger partial charge in [0.15, 0.2) is 0 Å². The second-order valence-electron chi connectivity index (χ2n) is 5.20. The molecule has 2 bridgehead atoms. The number of carbonyl (C=O) groups excluding carboxylic acids is 1. The van der Waals surface area contributed by atoms with Crippen molar-refractivity contribution in [3.05, 3.63) is 35.6 Å². The SMILES string of the molecule is O=C(c1ccccc1F)N1C2CCC1CC(O)C2. The molecule has 96 valence electrons. The highest BCUT2D eigenvalue weighted by Gasteiger charge is 2.43. The van der Waals surface area contributed by atoms with E-state index in [-0.39, 0.29) is 29.7 Å². The Balaban J connectivity index is 1.88. The Hall–Kier alpha value is -1.42. The Labute approximate surface area is 105 Å². The Morgan fingerprint density at radius 2 is 1.83 bits per heavy atom. The number of hydrogen-bond donors (Lipinski definition) is 1. The van der Waals surface area contributed by atoms with Gasteiger partial charge in [-0.25, -0.2) is 4.39 Å². The third-order valence-electron chi connectivity index (χ3n) is 4.05. The van der Waals surface area contributed by atoms with Gasteiger partial charge in [0.1, 0.15) is 5.82 Å². The molecule has 3 nitrogen and oxygen atoms in total. The van der Waals surface area contributed by atoms with Gasteiger partial charge in [-0.15, -0.1) is 0 Å². The summed E-state index contributed by atoms with van der Waals surface area (Å²) in [5, 5.41) is 9.70. The fourth-order valence-electron chi connectivity index (χ4n) is 3.25. The fourth-order valence-corrected chi connectivity index (χ4v) is 3.25. The number of halogens is 1. The van der Waals surface area contributed by atoms with Crippen LogP contribution in [0.5, 0.6) is 0 Å². The van der Waals surface area contributed by atoms with Gasteiger partial charge >= 0.3 is 0 Å². The smallest absolute Gasteiger partial charge is 0.257 e. The van der Waals surface area contributed by atoms with Crippen molar-refractivity contribution in [1.82, 2.24) is 4.90 Å². The second kappa shape index (κ2) is 4.35. The second-order valence-corrected chi connectivity index (χ2v) is 5.20. The monoisotopic (exact) mass is 249 g/mol. The van der Waals surface area contributed by atoms with Crippen LogP contribution in [0.4, 0.5) is 4.39 Å². The van der Waals surface area contributed by atoms with Gasteiger partial charge in [0.05, 0.1) is 11.7 Å². The van der Waals surface area contributed by atoms with Crippen molar-refractivity contribution >= 4 is 5.91 Å². The van der Waals surface area contributed by atoms with Gasteiger partial charge in [-0.2, -0.15) is 0 Å². The summed E-state index contributed by atoms with van der Waals surface area (Å²) in [6.45, 7) is 0. The van der Waals surface area contributed by atoms with E-state index in [4.69, 9.17) is 0 Å². The maximum atomic E-state index is 13.6. The molecule has 2 aliphatic rings. The molecule has 1 amide bonds. The molecule has 2 aliphatic heterocycles. The van der Waals surface area contributed by atoms with Gasteiger partial charge in [-0.05, 0) is 37.8 Å². The molecule has 0 saturated carbocycles. The Morgan fingerprint density at radius 1 is 1.22 bits per heavy atom. The summed E-state index contributed by atoms with van der Waals surface area (Å²) in [5.74, 6) is -0.694. The molecule has 0 aliphatic carbocycles. The summed E-state index contributed by atoms with van der Waals surface area (Å²) in [5.41, 5.74) is 0.144. The highest BCUT2D eigenvalue weighted by atomic mass is 19.1. The van der Waals surface area contributed by atoms with Crippen molar-refractivity contribution in [3.63, 3.8) is 0 Å². The van der Waals surface area contributed by atoms with Crippen LogP contribution in [0, 0.1) is 5.82 Å². The van der Waals surface area contributed by atoms with Crippen molar-refractivity contribution in [2.24, 2.45) is 0 Å². The van der Waals surface area contributed by atoms with E-state index in [1.807, 2.05) is 0 Å². The standard InChI is InChI=1S/C14H16FNO2/c15-13-4-2-1-3-12(13)14(18)16-9-5-6-10(16)8-11(17)7-9/h1-4,9-11,17H,5-8H2. The van der Waals surface area contributed by atoms with Crippen LogP contribution in [-0.4, -0.2) is 34.1 Å². The zero-order valence-electron chi connectivity index (χ0n) is 10.1. The number of carbonyl (C=O) groups is 1. The zero-order chi connectivity index (χ0) is 12.7. The predicted molar refractivity (Wildman–Crippen MR) is 64.6 cm³/mol. The zero-order valence-corrected chi connectivity index (χ0v) is 10.1. The molecule has 2 unspecified atom stereocenters. The minimum atomic E-state index is -0.465. The molecular weight excluding hydrogens is 233 g/mol. The van der Waals surface area contributed by atoms with Crippen molar-refractivity contribution in [2.45, 2.75) is 43.9 Å². The minimum Gasteiger partial charge on any atom is -0.393 e. The van der Waals surface area contributed by atoms with Crippen LogP contribution in [-0.2, 0) is 0 Å². The molecule has 2 heterocycles. The van der Waals surface area contributed by atoms with Crippen molar-refractivity contribution in [3.8, 4) is 0 Å². The van der Waals surface area contributed by atoms with E-state index in [9.17, 15) is 14.3 Å². The number of fused-ring (bicyclic) bond motifs is 2. The van der Waals surface area contributed by atoms with Gasteiger partial charge in [-0.1, -0.05) is 12.1 Å². The molecule has 1 aromatic rings. The van der Waals surface area contributed by atoms with Gasteiger partial charge in [-0.3, -0.25) is 4.79 Å².